The summed E-state index contributed by atoms with van der Waals surface area (Å²) >= 11 is 0. The lowest BCUT2D eigenvalue weighted by Gasteiger charge is -2.24. The summed E-state index contributed by atoms with van der Waals surface area (Å²) in [5, 5.41) is 5.62. The first-order valence-electron chi connectivity index (χ1n) is 7.26. The van der Waals surface area contributed by atoms with E-state index in [1.165, 1.54) is 0 Å². The molecule has 6 nitrogen and oxygen atoms in total. The minimum Gasteiger partial charge on any atom is -0.358 e. The Bertz CT molecular complexity index is 339. The number of likely N-dealkylation sites (N-methyl/N-ethyl adjacent to an activating group) is 1. The fourth-order valence-electron chi connectivity index (χ4n) is 2.28. The third-order valence-electron chi connectivity index (χ3n) is 3.21. The smallest absolute Gasteiger partial charge is 0.234 e. The second kappa shape index (κ2) is 7.59. The molecular formula is C14H28N4O2. The summed E-state index contributed by atoms with van der Waals surface area (Å²) < 4.78 is 0. The van der Waals surface area contributed by atoms with E-state index in [-0.39, 0.29) is 17.4 Å². The van der Waals surface area contributed by atoms with Crippen LogP contribution in [0.4, 0.5) is 0 Å². The first-order valence-corrected chi connectivity index (χ1v) is 7.26. The quantitative estimate of drug-likeness (QED) is 0.741. The van der Waals surface area contributed by atoms with Gasteiger partial charge in [-0.1, -0.05) is 0 Å². The van der Waals surface area contributed by atoms with E-state index < -0.39 is 0 Å². The monoisotopic (exact) mass is 284 g/mol. The Morgan fingerprint density at radius 3 is 1.90 bits per heavy atom. The second-order valence-corrected chi connectivity index (χ2v) is 6.38. The Labute approximate surface area is 121 Å². The van der Waals surface area contributed by atoms with Gasteiger partial charge in [-0.3, -0.25) is 19.4 Å². The van der Waals surface area contributed by atoms with Crippen molar-refractivity contribution in [2.24, 2.45) is 0 Å². The summed E-state index contributed by atoms with van der Waals surface area (Å²) in [4.78, 5) is 27.6. The fourth-order valence-corrected chi connectivity index (χ4v) is 2.28. The Hall–Kier alpha value is -1.14. The van der Waals surface area contributed by atoms with Crippen molar-refractivity contribution in [1.82, 2.24) is 20.4 Å². The molecule has 2 amide bonds. The van der Waals surface area contributed by atoms with Gasteiger partial charge in [-0.2, -0.15) is 0 Å². The molecule has 0 atom stereocenters. The number of carbonyl (C=O) groups excluding carboxylic acids is 2. The van der Waals surface area contributed by atoms with Gasteiger partial charge >= 0.3 is 0 Å². The molecule has 0 spiro atoms. The van der Waals surface area contributed by atoms with E-state index >= 15 is 0 Å². The van der Waals surface area contributed by atoms with E-state index in [9.17, 15) is 9.59 Å². The third-order valence-corrected chi connectivity index (χ3v) is 3.21. The lowest BCUT2D eigenvalue weighted by molar-refractivity contribution is -0.124. The molecular weight excluding hydrogens is 256 g/mol. The average Bonchev–Trinajstić information content (AvgIpc) is 2.52. The normalized spacial score (nSPS) is 18.4. The van der Waals surface area contributed by atoms with Gasteiger partial charge in [0, 0.05) is 25.7 Å². The van der Waals surface area contributed by atoms with Gasteiger partial charge in [-0.05, 0) is 40.3 Å². The van der Waals surface area contributed by atoms with Crippen molar-refractivity contribution in [3.8, 4) is 0 Å². The van der Waals surface area contributed by atoms with Crippen LogP contribution in [-0.2, 0) is 9.59 Å². The highest BCUT2D eigenvalue weighted by Gasteiger charge is 2.20. The third kappa shape index (κ3) is 6.86. The summed E-state index contributed by atoms with van der Waals surface area (Å²) in [6, 6.07) is 0. The molecule has 1 fully saturated rings. The van der Waals surface area contributed by atoms with Crippen molar-refractivity contribution in [3.05, 3.63) is 0 Å². The molecule has 1 heterocycles. The van der Waals surface area contributed by atoms with Gasteiger partial charge in [0.15, 0.2) is 0 Å². The van der Waals surface area contributed by atoms with E-state index in [4.69, 9.17) is 0 Å². The zero-order valence-electron chi connectivity index (χ0n) is 13.2. The Morgan fingerprint density at radius 1 is 0.950 bits per heavy atom. The lowest BCUT2D eigenvalue weighted by Crippen LogP contribution is -2.46. The van der Waals surface area contributed by atoms with Gasteiger partial charge < -0.3 is 10.6 Å². The Kier molecular flexibility index (Phi) is 6.42. The van der Waals surface area contributed by atoms with Crippen LogP contribution >= 0.6 is 0 Å². The highest BCUT2D eigenvalue weighted by atomic mass is 16.2. The number of hydrogen-bond donors (Lipinski definition) is 2. The van der Waals surface area contributed by atoms with Crippen LogP contribution in [-0.4, -0.2) is 73.5 Å². The minimum absolute atomic E-state index is 0.0453. The molecule has 1 aliphatic rings. The van der Waals surface area contributed by atoms with Crippen molar-refractivity contribution in [3.63, 3.8) is 0 Å². The van der Waals surface area contributed by atoms with Gasteiger partial charge in [-0.25, -0.2) is 0 Å². The molecule has 6 heteroatoms. The van der Waals surface area contributed by atoms with E-state index in [2.05, 4.69) is 20.4 Å². The molecule has 1 aliphatic heterocycles. The maximum atomic E-state index is 11.9. The van der Waals surface area contributed by atoms with Gasteiger partial charge in [0.25, 0.3) is 0 Å². The van der Waals surface area contributed by atoms with Gasteiger partial charge in [-0.15, -0.1) is 0 Å². The SMILES string of the molecule is CNC(=O)CN1CCCN(CC(=O)NC(C)(C)C)CC1. The average molecular weight is 284 g/mol. The van der Waals surface area contributed by atoms with Crippen LogP contribution < -0.4 is 10.6 Å². The molecule has 1 saturated heterocycles. The van der Waals surface area contributed by atoms with Crippen LogP contribution in [0.25, 0.3) is 0 Å². The highest BCUT2D eigenvalue weighted by Crippen LogP contribution is 2.04. The van der Waals surface area contributed by atoms with Crippen molar-refractivity contribution < 1.29 is 9.59 Å². The molecule has 0 saturated carbocycles. The highest BCUT2D eigenvalue weighted by molar-refractivity contribution is 5.78. The largest absolute Gasteiger partial charge is 0.358 e. The van der Waals surface area contributed by atoms with Crippen molar-refractivity contribution >= 4 is 11.8 Å². The fraction of sp³-hybridized carbons (Fsp3) is 0.857. The van der Waals surface area contributed by atoms with Crippen LogP contribution in [0, 0.1) is 0 Å². The number of nitrogens with zero attached hydrogens (tertiary/aromatic N) is 2. The van der Waals surface area contributed by atoms with Gasteiger partial charge in [0.1, 0.15) is 0 Å². The molecule has 0 aromatic rings. The lowest BCUT2D eigenvalue weighted by atomic mass is 10.1. The van der Waals surface area contributed by atoms with Crippen LogP contribution in [0.1, 0.15) is 27.2 Å². The van der Waals surface area contributed by atoms with Gasteiger partial charge in [0.05, 0.1) is 13.1 Å². The zero-order chi connectivity index (χ0) is 15.2. The van der Waals surface area contributed by atoms with E-state index in [1.54, 1.807) is 7.05 Å². The molecule has 1 rings (SSSR count). The molecule has 0 radical (unpaired) electrons. The van der Waals surface area contributed by atoms with Crippen LogP contribution in [0.5, 0.6) is 0 Å². The number of hydrogen-bond acceptors (Lipinski definition) is 4. The predicted molar refractivity (Wildman–Crippen MR) is 79.5 cm³/mol. The van der Waals surface area contributed by atoms with E-state index in [1.807, 2.05) is 20.8 Å². The van der Waals surface area contributed by atoms with Crippen molar-refractivity contribution in [2.75, 3.05) is 46.3 Å². The maximum Gasteiger partial charge on any atom is 0.234 e. The zero-order valence-corrected chi connectivity index (χ0v) is 13.2. The first-order chi connectivity index (χ1) is 9.30. The summed E-state index contributed by atoms with van der Waals surface area (Å²) in [6.07, 6.45) is 0.986. The number of carbonyl (C=O) groups is 2. The maximum absolute atomic E-state index is 11.9. The van der Waals surface area contributed by atoms with Crippen molar-refractivity contribution in [1.29, 1.82) is 0 Å². The standard InChI is InChI=1S/C14H28N4O2/c1-14(2,3)16-13(20)11-18-7-5-6-17(8-9-18)10-12(19)15-4/h5-11H2,1-4H3,(H,15,19)(H,16,20). The molecule has 116 valence electrons. The van der Waals surface area contributed by atoms with Crippen LogP contribution in [0.15, 0.2) is 0 Å². The molecule has 0 aliphatic carbocycles. The van der Waals surface area contributed by atoms with E-state index in [0.29, 0.717) is 13.1 Å². The number of amides is 2. The number of rotatable bonds is 4. The minimum atomic E-state index is -0.186. The summed E-state index contributed by atoms with van der Waals surface area (Å²) in [7, 11) is 1.66. The molecule has 0 aromatic carbocycles. The topological polar surface area (TPSA) is 64.7 Å². The Morgan fingerprint density at radius 2 is 1.45 bits per heavy atom. The summed E-state index contributed by atoms with van der Waals surface area (Å²) in [5.74, 6) is 0.112. The molecule has 20 heavy (non-hydrogen) atoms. The molecule has 0 aromatic heterocycles. The van der Waals surface area contributed by atoms with Gasteiger partial charge in [0.2, 0.25) is 11.8 Å². The van der Waals surface area contributed by atoms with Crippen molar-refractivity contribution in [2.45, 2.75) is 32.7 Å². The predicted octanol–water partition coefficient (Wildman–Crippen LogP) is -0.345. The van der Waals surface area contributed by atoms with Crippen LogP contribution in [0.3, 0.4) is 0 Å². The summed E-state index contributed by atoms with van der Waals surface area (Å²) in [5.41, 5.74) is -0.186. The number of nitrogens with one attached hydrogen (secondary N) is 2. The second-order valence-electron chi connectivity index (χ2n) is 6.38. The van der Waals surface area contributed by atoms with E-state index in [0.717, 1.165) is 32.6 Å². The first kappa shape index (κ1) is 16.9. The molecule has 2 N–H and O–H groups in total. The summed E-state index contributed by atoms with van der Waals surface area (Å²) in [6.45, 7) is 10.3. The molecule has 0 unspecified atom stereocenters. The van der Waals surface area contributed by atoms with Crippen LogP contribution in [0.2, 0.25) is 0 Å². The molecule has 0 bridgehead atoms. The Balaban J connectivity index is 2.36.